The van der Waals surface area contributed by atoms with Gasteiger partial charge in [0.05, 0.1) is 44.6 Å². The number of halogens is 1. The van der Waals surface area contributed by atoms with Crippen LogP contribution in [0.15, 0.2) is 59.5 Å². The normalized spacial score (nSPS) is 11.1. The summed E-state index contributed by atoms with van der Waals surface area (Å²) in [5, 5.41) is 3.10. The Morgan fingerprint density at radius 2 is 1.47 bits per heavy atom. The van der Waals surface area contributed by atoms with E-state index in [1.54, 1.807) is 6.07 Å². The number of carbonyl (C=O) groups is 2. The molecule has 0 radical (unpaired) electrons. The highest BCUT2D eigenvalue weighted by Crippen LogP contribution is 2.34. The van der Waals surface area contributed by atoms with Crippen molar-refractivity contribution in [1.82, 2.24) is 4.31 Å². The fraction of sp³-hybridized carbons (Fsp3) is 0.231. The van der Waals surface area contributed by atoms with Gasteiger partial charge in [0, 0.05) is 41.9 Å². The standard InChI is InChI=1S/C26H27ClN2O8S/c1-29(38(32,33)19-9-7-18(27)8-10-19)15-17-12-16(6-11-22(17)34-2)25(30)28-21-14-24(36-4)23(35-3)13-20(21)26(31)37-5/h6-14H,15H2,1-5H3,(H,28,30). The number of nitrogens with one attached hydrogen (secondary N) is 1. The molecule has 0 aliphatic rings. The molecule has 0 aromatic heterocycles. The zero-order chi connectivity index (χ0) is 28.0. The van der Waals surface area contributed by atoms with E-state index < -0.39 is 21.9 Å². The minimum atomic E-state index is -3.85. The predicted molar refractivity (Wildman–Crippen MR) is 142 cm³/mol. The molecule has 3 rings (SSSR count). The molecule has 3 aromatic rings. The monoisotopic (exact) mass is 562 g/mol. The van der Waals surface area contributed by atoms with Crippen molar-refractivity contribution in [2.75, 3.05) is 40.8 Å². The predicted octanol–water partition coefficient (Wildman–Crippen LogP) is 4.23. The summed E-state index contributed by atoms with van der Waals surface area (Å²) in [6.45, 7) is -0.0843. The molecule has 0 bridgehead atoms. The summed E-state index contributed by atoms with van der Waals surface area (Å²) in [6, 6.07) is 13.2. The fourth-order valence-electron chi connectivity index (χ4n) is 3.61. The Morgan fingerprint density at radius 3 is 2.05 bits per heavy atom. The molecule has 12 heteroatoms. The molecule has 0 heterocycles. The van der Waals surface area contributed by atoms with E-state index in [1.165, 1.54) is 84.0 Å². The van der Waals surface area contributed by atoms with Crippen LogP contribution >= 0.6 is 11.6 Å². The van der Waals surface area contributed by atoms with Gasteiger partial charge in [0.1, 0.15) is 5.75 Å². The van der Waals surface area contributed by atoms with Crippen molar-refractivity contribution < 1.29 is 37.0 Å². The maximum absolute atomic E-state index is 13.2. The average Bonchev–Trinajstić information content (AvgIpc) is 2.92. The van der Waals surface area contributed by atoms with Gasteiger partial charge in [0.25, 0.3) is 5.91 Å². The molecule has 0 fully saturated rings. The Balaban J connectivity index is 1.93. The quantitative estimate of drug-likeness (QED) is 0.365. The van der Waals surface area contributed by atoms with Crippen molar-refractivity contribution >= 4 is 39.2 Å². The lowest BCUT2D eigenvalue weighted by Crippen LogP contribution is -2.27. The van der Waals surface area contributed by atoms with Gasteiger partial charge in [0.2, 0.25) is 10.0 Å². The highest BCUT2D eigenvalue weighted by atomic mass is 35.5. The molecule has 0 aliphatic carbocycles. The van der Waals surface area contributed by atoms with Gasteiger partial charge in [-0.3, -0.25) is 4.79 Å². The highest BCUT2D eigenvalue weighted by molar-refractivity contribution is 7.89. The fourth-order valence-corrected chi connectivity index (χ4v) is 4.89. The minimum absolute atomic E-state index is 0.0565. The molecule has 0 atom stereocenters. The van der Waals surface area contributed by atoms with Crippen molar-refractivity contribution in [3.63, 3.8) is 0 Å². The molecule has 1 amide bonds. The van der Waals surface area contributed by atoms with Crippen molar-refractivity contribution in [2.45, 2.75) is 11.4 Å². The van der Waals surface area contributed by atoms with Crippen molar-refractivity contribution in [3.05, 3.63) is 76.3 Å². The zero-order valence-electron chi connectivity index (χ0n) is 21.4. The lowest BCUT2D eigenvalue weighted by atomic mass is 10.1. The zero-order valence-corrected chi connectivity index (χ0v) is 23.0. The van der Waals surface area contributed by atoms with Crippen molar-refractivity contribution in [3.8, 4) is 17.2 Å². The van der Waals surface area contributed by atoms with Crippen LogP contribution in [-0.2, 0) is 21.3 Å². The Hall–Kier alpha value is -3.80. The number of methoxy groups -OCH3 is 4. The largest absolute Gasteiger partial charge is 0.496 e. The summed E-state index contributed by atoms with van der Waals surface area (Å²) in [6.07, 6.45) is 0. The molecule has 202 valence electrons. The summed E-state index contributed by atoms with van der Waals surface area (Å²) in [5.74, 6) is -0.288. The first-order chi connectivity index (χ1) is 18.0. The third-order valence-corrected chi connectivity index (χ3v) is 7.70. The van der Waals surface area contributed by atoms with Crippen LogP contribution in [0.25, 0.3) is 0 Å². The van der Waals surface area contributed by atoms with E-state index in [0.717, 1.165) is 4.31 Å². The number of sulfonamides is 1. The van der Waals surface area contributed by atoms with Crippen LogP contribution in [-0.4, -0.2) is 60.1 Å². The first-order valence-electron chi connectivity index (χ1n) is 11.1. The van der Waals surface area contributed by atoms with Gasteiger partial charge >= 0.3 is 5.97 Å². The van der Waals surface area contributed by atoms with Crippen LogP contribution in [0.1, 0.15) is 26.3 Å². The number of nitrogens with zero attached hydrogens (tertiary/aromatic N) is 1. The SMILES string of the molecule is COC(=O)c1cc(OC)c(OC)cc1NC(=O)c1ccc(OC)c(CN(C)S(=O)(=O)c2ccc(Cl)cc2)c1. The van der Waals surface area contributed by atoms with Gasteiger partial charge in [-0.25, -0.2) is 13.2 Å². The molecule has 0 saturated carbocycles. The summed E-state index contributed by atoms with van der Waals surface area (Å²) < 4.78 is 48.0. The average molecular weight is 563 g/mol. The van der Waals surface area contributed by atoms with Crippen LogP contribution in [0.3, 0.4) is 0 Å². The van der Waals surface area contributed by atoms with Crippen LogP contribution in [0.2, 0.25) is 5.02 Å². The number of carbonyl (C=O) groups excluding carboxylic acids is 2. The van der Waals surface area contributed by atoms with Crippen LogP contribution < -0.4 is 19.5 Å². The van der Waals surface area contributed by atoms with E-state index in [1.807, 2.05) is 0 Å². The van der Waals surface area contributed by atoms with Gasteiger partial charge in [-0.2, -0.15) is 4.31 Å². The van der Waals surface area contributed by atoms with E-state index >= 15 is 0 Å². The molecule has 1 N–H and O–H groups in total. The number of benzene rings is 3. The minimum Gasteiger partial charge on any atom is -0.496 e. The summed E-state index contributed by atoms with van der Waals surface area (Å²) >= 11 is 5.88. The second kappa shape index (κ2) is 12.2. The summed E-state index contributed by atoms with van der Waals surface area (Å²) in [5.41, 5.74) is 0.838. The number of hydrogen-bond acceptors (Lipinski definition) is 8. The topological polar surface area (TPSA) is 120 Å². The van der Waals surface area contributed by atoms with Gasteiger partial charge in [-0.05, 0) is 42.5 Å². The highest BCUT2D eigenvalue weighted by Gasteiger charge is 2.24. The Morgan fingerprint density at radius 1 is 0.868 bits per heavy atom. The van der Waals surface area contributed by atoms with E-state index in [0.29, 0.717) is 22.1 Å². The molecule has 38 heavy (non-hydrogen) atoms. The van der Waals surface area contributed by atoms with Gasteiger partial charge < -0.3 is 24.3 Å². The molecular weight excluding hydrogens is 536 g/mol. The first kappa shape index (κ1) is 28.8. The van der Waals surface area contributed by atoms with Gasteiger partial charge in [-0.15, -0.1) is 0 Å². The number of anilines is 1. The van der Waals surface area contributed by atoms with Gasteiger partial charge in [0.15, 0.2) is 11.5 Å². The Labute approximate surface area is 226 Å². The maximum atomic E-state index is 13.2. The number of amides is 1. The molecule has 0 saturated heterocycles. The Bertz CT molecular complexity index is 1440. The van der Waals surface area contributed by atoms with Crippen LogP contribution in [0, 0.1) is 0 Å². The molecule has 0 aliphatic heterocycles. The van der Waals surface area contributed by atoms with Crippen molar-refractivity contribution in [1.29, 1.82) is 0 Å². The Kier molecular flexibility index (Phi) is 9.21. The second-order valence-electron chi connectivity index (χ2n) is 7.94. The molecule has 3 aromatic carbocycles. The van der Waals surface area contributed by atoms with Gasteiger partial charge in [-0.1, -0.05) is 11.6 Å². The third kappa shape index (κ3) is 6.18. The molecule has 10 nitrogen and oxygen atoms in total. The lowest BCUT2D eigenvalue weighted by Gasteiger charge is -2.19. The maximum Gasteiger partial charge on any atom is 0.340 e. The first-order valence-corrected chi connectivity index (χ1v) is 12.9. The number of rotatable bonds is 10. The van der Waals surface area contributed by atoms with Crippen LogP contribution in [0.5, 0.6) is 17.2 Å². The summed E-state index contributed by atoms with van der Waals surface area (Å²) in [7, 11) is 3.07. The molecular formula is C26H27ClN2O8S. The smallest absolute Gasteiger partial charge is 0.340 e. The summed E-state index contributed by atoms with van der Waals surface area (Å²) in [4.78, 5) is 25.6. The third-order valence-electron chi connectivity index (χ3n) is 5.63. The van der Waals surface area contributed by atoms with Crippen molar-refractivity contribution in [2.24, 2.45) is 0 Å². The molecule has 0 spiro atoms. The van der Waals surface area contributed by atoms with E-state index in [4.69, 9.17) is 30.5 Å². The van der Waals surface area contributed by atoms with E-state index in [2.05, 4.69) is 5.32 Å². The number of hydrogen-bond donors (Lipinski definition) is 1. The van der Waals surface area contributed by atoms with Crippen LogP contribution in [0.4, 0.5) is 5.69 Å². The van der Waals surface area contributed by atoms with E-state index in [9.17, 15) is 18.0 Å². The van der Waals surface area contributed by atoms with E-state index in [-0.39, 0.29) is 34.0 Å². The lowest BCUT2D eigenvalue weighted by molar-refractivity contribution is 0.0601. The molecule has 0 unspecified atom stereocenters. The number of ether oxygens (including phenoxy) is 4. The number of esters is 1. The second-order valence-corrected chi connectivity index (χ2v) is 10.4.